The summed E-state index contributed by atoms with van der Waals surface area (Å²) < 4.78 is 22.2. The third-order valence-corrected chi connectivity index (χ3v) is 6.20. The van der Waals surface area contributed by atoms with Gasteiger partial charge in [-0.3, -0.25) is 0 Å². The molecule has 0 spiro atoms. The van der Waals surface area contributed by atoms with E-state index in [1.165, 1.54) is 0 Å². The minimum absolute atomic E-state index is 0.0189. The lowest BCUT2D eigenvalue weighted by atomic mass is 10.0. The van der Waals surface area contributed by atoms with E-state index in [-0.39, 0.29) is 24.7 Å². The molecule has 0 atom stereocenters. The van der Waals surface area contributed by atoms with Gasteiger partial charge in [0.15, 0.2) is 34.1 Å². The Morgan fingerprint density at radius 3 is 1.32 bits per heavy atom. The number of phenols is 2. The minimum atomic E-state index is -0.982. The molecule has 0 unspecified atom stereocenters. The van der Waals surface area contributed by atoms with Crippen molar-refractivity contribution < 1.29 is 38.7 Å². The molecule has 0 saturated carbocycles. The number of phenolic OH excluding ortho intramolecular Hbond substituents is 2. The fraction of sp³-hybridized carbons (Fsp3) is 0.125. The van der Waals surface area contributed by atoms with Crippen molar-refractivity contribution in [3.05, 3.63) is 96.1 Å². The second-order valence-electron chi connectivity index (χ2n) is 8.77. The molecule has 0 aliphatic rings. The molecule has 8 heteroatoms. The fourth-order valence-electron chi connectivity index (χ4n) is 4.36. The first-order valence-electron chi connectivity index (χ1n) is 12.7. The molecule has 0 aliphatic heterocycles. The van der Waals surface area contributed by atoms with E-state index >= 15 is 0 Å². The van der Waals surface area contributed by atoms with Gasteiger partial charge in [-0.25, -0.2) is 9.59 Å². The average molecular weight is 539 g/mol. The summed E-state index contributed by atoms with van der Waals surface area (Å²) in [5.41, 5.74) is -1.01. The van der Waals surface area contributed by atoms with Gasteiger partial charge in [0.05, 0.1) is 13.2 Å². The Labute approximate surface area is 229 Å². The number of carbonyl (C=O) groups excluding carboxylic acids is 2. The highest BCUT2D eigenvalue weighted by atomic mass is 16.5. The summed E-state index contributed by atoms with van der Waals surface area (Å²) in [4.78, 5) is 26.2. The molecular weight excluding hydrogens is 512 g/mol. The molecule has 0 aromatic heterocycles. The number of hydrogen-bond donors (Lipinski definition) is 2. The van der Waals surface area contributed by atoms with E-state index in [4.69, 9.17) is 18.9 Å². The number of hydrogen-bond acceptors (Lipinski definition) is 8. The zero-order valence-corrected chi connectivity index (χ0v) is 21.8. The second-order valence-corrected chi connectivity index (χ2v) is 8.77. The molecule has 0 saturated heterocycles. The van der Waals surface area contributed by atoms with Crippen LogP contribution in [0.25, 0.3) is 21.5 Å². The summed E-state index contributed by atoms with van der Waals surface area (Å²) in [5, 5.41) is 26.3. The summed E-state index contributed by atoms with van der Waals surface area (Å²) >= 11 is 0. The van der Waals surface area contributed by atoms with Gasteiger partial charge in [0.1, 0.15) is 11.5 Å². The predicted molar refractivity (Wildman–Crippen MR) is 150 cm³/mol. The molecule has 40 heavy (non-hydrogen) atoms. The van der Waals surface area contributed by atoms with Crippen LogP contribution in [0, 0.1) is 0 Å². The van der Waals surface area contributed by atoms with Crippen LogP contribution in [-0.4, -0.2) is 35.4 Å². The highest BCUT2D eigenvalue weighted by molar-refractivity contribution is 6.05. The van der Waals surface area contributed by atoms with E-state index in [0.717, 1.165) is 21.5 Å². The number of ether oxygens (including phenoxy) is 4. The first kappa shape index (κ1) is 26.4. The lowest BCUT2D eigenvalue weighted by Gasteiger charge is -2.20. The van der Waals surface area contributed by atoms with E-state index < -0.39 is 46.1 Å². The Kier molecular flexibility index (Phi) is 7.41. The van der Waals surface area contributed by atoms with E-state index in [0.29, 0.717) is 0 Å². The first-order valence-corrected chi connectivity index (χ1v) is 12.7. The lowest BCUT2D eigenvalue weighted by molar-refractivity contribution is 0.0498. The van der Waals surface area contributed by atoms with E-state index in [9.17, 15) is 19.8 Å². The van der Waals surface area contributed by atoms with Gasteiger partial charge in [-0.15, -0.1) is 0 Å². The Hall–Kier alpha value is -5.24. The zero-order valence-electron chi connectivity index (χ0n) is 21.8. The van der Waals surface area contributed by atoms with Crippen LogP contribution in [0.5, 0.6) is 34.5 Å². The standard InChI is InChI=1S/C32H26O8/c1-3-37-31(35)25-27(33)30(40-24-16-14-20-10-6-8-12-22(20)18-24)26(32(36)38-4-2)28(34)29(25)39-23-15-13-19-9-5-7-11-21(19)17-23/h5-18,33-34H,3-4H2,1-2H3. The number of rotatable bonds is 8. The number of benzene rings is 5. The van der Waals surface area contributed by atoms with Gasteiger partial charge < -0.3 is 29.2 Å². The average Bonchev–Trinajstić information content (AvgIpc) is 2.96. The van der Waals surface area contributed by atoms with Crippen LogP contribution in [0.4, 0.5) is 0 Å². The van der Waals surface area contributed by atoms with E-state index in [1.807, 2.05) is 48.5 Å². The summed E-state index contributed by atoms with van der Waals surface area (Å²) in [6.07, 6.45) is 0. The minimum Gasteiger partial charge on any atom is -0.504 e. The third-order valence-electron chi connectivity index (χ3n) is 6.20. The Balaban J connectivity index is 1.70. The molecule has 8 nitrogen and oxygen atoms in total. The van der Waals surface area contributed by atoms with Crippen LogP contribution in [0.3, 0.4) is 0 Å². The molecule has 0 fully saturated rings. The molecular formula is C32H26O8. The van der Waals surface area contributed by atoms with Crippen LogP contribution >= 0.6 is 0 Å². The highest BCUT2D eigenvalue weighted by Crippen LogP contribution is 2.51. The van der Waals surface area contributed by atoms with Crippen molar-refractivity contribution in [3.8, 4) is 34.5 Å². The number of aromatic hydroxyl groups is 2. The molecule has 5 aromatic rings. The number of carbonyl (C=O) groups is 2. The SMILES string of the molecule is CCOC(=O)c1c(O)c(Oc2ccc3ccccc3c2)c(C(=O)OCC)c(O)c1Oc1ccc2ccccc2c1. The van der Waals surface area contributed by atoms with Gasteiger partial charge in [-0.2, -0.15) is 0 Å². The quantitative estimate of drug-likeness (QED) is 0.156. The molecule has 0 heterocycles. The molecule has 202 valence electrons. The van der Waals surface area contributed by atoms with Crippen LogP contribution in [-0.2, 0) is 9.47 Å². The van der Waals surface area contributed by atoms with Crippen LogP contribution in [0.1, 0.15) is 34.6 Å². The highest BCUT2D eigenvalue weighted by Gasteiger charge is 2.35. The molecule has 0 aliphatic carbocycles. The van der Waals surface area contributed by atoms with Crippen LogP contribution in [0.2, 0.25) is 0 Å². The normalized spacial score (nSPS) is 10.8. The molecule has 0 bridgehead atoms. The summed E-state index contributed by atoms with van der Waals surface area (Å²) in [5.74, 6) is -3.91. The monoisotopic (exact) mass is 538 g/mol. The Morgan fingerprint density at radius 2 is 0.950 bits per heavy atom. The first-order chi connectivity index (χ1) is 19.4. The van der Waals surface area contributed by atoms with Gasteiger partial charge in [0.2, 0.25) is 0 Å². The number of fused-ring (bicyclic) bond motifs is 2. The largest absolute Gasteiger partial charge is 0.504 e. The predicted octanol–water partition coefficient (Wildman–Crippen LogP) is 7.34. The molecule has 0 amide bonds. The van der Waals surface area contributed by atoms with Crippen molar-refractivity contribution in [2.75, 3.05) is 13.2 Å². The van der Waals surface area contributed by atoms with Gasteiger partial charge in [0.25, 0.3) is 0 Å². The van der Waals surface area contributed by atoms with Crippen LogP contribution in [0.15, 0.2) is 84.9 Å². The molecule has 2 N–H and O–H groups in total. The molecule has 5 aromatic carbocycles. The van der Waals surface area contributed by atoms with Gasteiger partial charge in [-0.05, 0) is 59.7 Å². The number of esters is 2. The van der Waals surface area contributed by atoms with E-state index in [2.05, 4.69) is 0 Å². The third kappa shape index (κ3) is 5.07. The summed E-state index contributed by atoms with van der Waals surface area (Å²) in [7, 11) is 0. The molecule has 5 rings (SSSR count). The van der Waals surface area contributed by atoms with Gasteiger partial charge >= 0.3 is 11.9 Å². The molecule has 0 radical (unpaired) electrons. The summed E-state index contributed by atoms with van der Waals surface area (Å²) in [6, 6.07) is 25.4. The Bertz CT molecular complexity index is 1610. The zero-order chi connectivity index (χ0) is 28.2. The smallest absolute Gasteiger partial charge is 0.346 e. The van der Waals surface area contributed by atoms with Crippen LogP contribution < -0.4 is 9.47 Å². The fourth-order valence-corrected chi connectivity index (χ4v) is 4.36. The van der Waals surface area contributed by atoms with Crippen molar-refractivity contribution in [1.29, 1.82) is 0 Å². The van der Waals surface area contributed by atoms with Crippen molar-refractivity contribution in [2.45, 2.75) is 13.8 Å². The maximum absolute atomic E-state index is 13.1. The van der Waals surface area contributed by atoms with E-state index in [1.54, 1.807) is 50.2 Å². The Morgan fingerprint density at radius 1 is 0.575 bits per heavy atom. The topological polar surface area (TPSA) is 112 Å². The van der Waals surface area contributed by atoms with Gasteiger partial charge in [-0.1, -0.05) is 60.7 Å². The maximum Gasteiger partial charge on any atom is 0.346 e. The maximum atomic E-state index is 13.1. The lowest BCUT2D eigenvalue weighted by Crippen LogP contribution is -2.13. The van der Waals surface area contributed by atoms with Crippen molar-refractivity contribution in [1.82, 2.24) is 0 Å². The van der Waals surface area contributed by atoms with Crippen molar-refractivity contribution in [3.63, 3.8) is 0 Å². The summed E-state index contributed by atoms with van der Waals surface area (Å²) in [6.45, 7) is 3.15. The second kappa shape index (κ2) is 11.2. The van der Waals surface area contributed by atoms with Crippen molar-refractivity contribution >= 4 is 33.5 Å². The van der Waals surface area contributed by atoms with Crippen molar-refractivity contribution in [2.24, 2.45) is 0 Å². The van der Waals surface area contributed by atoms with Gasteiger partial charge in [0, 0.05) is 0 Å².